The number of nitrogens with one attached hydrogen (secondary N) is 1. The van der Waals surface area contributed by atoms with Crippen molar-refractivity contribution in [2.75, 3.05) is 5.32 Å². The summed E-state index contributed by atoms with van der Waals surface area (Å²) in [5.41, 5.74) is -0.875. The Morgan fingerprint density at radius 1 is 1.28 bits per heavy atom. The van der Waals surface area contributed by atoms with Gasteiger partial charge in [0.25, 0.3) is 5.91 Å². The van der Waals surface area contributed by atoms with Crippen LogP contribution >= 0.6 is 11.6 Å². The van der Waals surface area contributed by atoms with Crippen molar-refractivity contribution in [1.82, 2.24) is 0 Å². The van der Waals surface area contributed by atoms with Gasteiger partial charge in [-0.25, -0.2) is 0 Å². The second-order valence-corrected chi connectivity index (χ2v) is 5.46. The third-order valence-corrected chi connectivity index (χ3v) is 3.56. The van der Waals surface area contributed by atoms with E-state index in [1.54, 1.807) is 12.1 Å². The van der Waals surface area contributed by atoms with Crippen LogP contribution in [0.3, 0.4) is 0 Å². The first kappa shape index (κ1) is 18.6. The van der Waals surface area contributed by atoms with Gasteiger partial charge >= 0.3 is 6.18 Å². The lowest BCUT2D eigenvalue weighted by atomic mass is 10.2. The molecule has 0 heterocycles. The number of carbonyl (C=O) groups is 1. The molecule has 0 spiro atoms. The molecular formula is C17H12ClF3N2O2. The molecule has 130 valence electrons. The normalized spacial score (nSPS) is 12.2. The largest absolute Gasteiger partial charge is 0.480 e. The van der Waals surface area contributed by atoms with Gasteiger partial charge in [0, 0.05) is 0 Å². The third kappa shape index (κ3) is 4.64. The zero-order valence-corrected chi connectivity index (χ0v) is 13.7. The molecule has 0 aliphatic heterocycles. The highest BCUT2D eigenvalue weighted by Crippen LogP contribution is 2.34. The fourth-order valence-electron chi connectivity index (χ4n) is 1.94. The highest BCUT2D eigenvalue weighted by molar-refractivity contribution is 6.33. The molecule has 0 saturated carbocycles. The fraction of sp³-hybridized carbons (Fsp3) is 0.176. The van der Waals surface area contributed by atoms with E-state index in [0.29, 0.717) is 0 Å². The Bertz CT molecular complexity index is 831. The molecule has 0 fully saturated rings. The van der Waals surface area contributed by atoms with Crippen molar-refractivity contribution < 1.29 is 22.7 Å². The van der Waals surface area contributed by atoms with Gasteiger partial charge in [0.2, 0.25) is 0 Å². The predicted molar refractivity (Wildman–Crippen MR) is 86.3 cm³/mol. The van der Waals surface area contributed by atoms with Crippen molar-refractivity contribution in [2.24, 2.45) is 0 Å². The quantitative estimate of drug-likeness (QED) is 0.855. The number of anilines is 1. The summed E-state index contributed by atoms with van der Waals surface area (Å²) >= 11 is 5.84. The van der Waals surface area contributed by atoms with Crippen LogP contribution in [0.15, 0.2) is 42.5 Å². The lowest BCUT2D eigenvalue weighted by Crippen LogP contribution is -2.30. The van der Waals surface area contributed by atoms with Crippen LogP contribution in [-0.2, 0) is 11.0 Å². The van der Waals surface area contributed by atoms with Gasteiger partial charge < -0.3 is 10.1 Å². The van der Waals surface area contributed by atoms with Crippen molar-refractivity contribution in [1.29, 1.82) is 5.26 Å². The van der Waals surface area contributed by atoms with Crippen molar-refractivity contribution in [3.05, 3.63) is 58.6 Å². The molecule has 0 aromatic heterocycles. The van der Waals surface area contributed by atoms with Crippen molar-refractivity contribution >= 4 is 23.2 Å². The van der Waals surface area contributed by atoms with Gasteiger partial charge in [0.15, 0.2) is 6.10 Å². The van der Waals surface area contributed by atoms with Gasteiger partial charge in [-0.15, -0.1) is 0 Å². The second-order valence-electron chi connectivity index (χ2n) is 5.05. The van der Waals surface area contributed by atoms with Crippen LogP contribution < -0.4 is 10.1 Å². The first-order chi connectivity index (χ1) is 11.7. The van der Waals surface area contributed by atoms with Crippen LogP contribution in [0.4, 0.5) is 18.9 Å². The molecule has 8 heteroatoms. The Hall–Kier alpha value is -2.72. The highest BCUT2D eigenvalue weighted by atomic mass is 35.5. The van der Waals surface area contributed by atoms with Crippen molar-refractivity contribution in [2.45, 2.75) is 19.2 Å². The number of halogens is 4. The minimum Gasteiger partial charge on any atom is -0.480 e. The number of ether oxygens (including phenoxy) is 1. The number of para-hydroxylation sites is 1. The molecule has 2 aromatic rings. The van der Waals surface area contributed by atoms with Gasteiger partial charge in [-0.3, -0.25) is 4.79 Å². The summed E-state index contributed by atoms with van der Waals surface area (Å²) in [7, 11) is 0. The molecule has 0 unspecified atom stereocenters. The van der Waals surface area contributed by atoms with Gasteiger partial charge in [-0.1, -0.05) is 23.7 Å². The van der Waals surface area contributed by atoms with Crippen LogP contribution in [-0.4, -0.2) is 12.0 Å². The third-order valence-electron chi connectivity index (χ3n) is 3.23. The number of benzene rings is 2. The molecule has 25 heavy (non-hydrogen) atoms. The van der Waals surface area contributed by atoms with Crippen LogP contribution in [0.25, 0.3) is 0 Å². The Labute approximate surface area is 146 Å². The molecule has 2 rings (SSSR count). The molecular weight excluding hydrogens is 357 g/mol. The molecule has 2 aromatic carbocycles. The number of alkyl halides is 3. The van der Waals surface area contributed by atoms with E-state index in [0.717, 1.165) is 18.2 Å². The number of hydrogen-bond donors (Lipinski definition) is 1. The molecule has 0 radical (unpaired) electrons. The maximum Gasteiger partial charge on any atom is 0.416 e. The summed E-state index contributed by atoms with van der Waals surface area (Å²) in [5.74, 6) is -0.503. The minimum atomic E-state index is -4.56. The summed E-state index contributed by atoms with van der Waals surface area (Å²) in [6.07, 6.45) is -5.61. The SMILES string of the molecule is C[C@H](Oc1ccccc1C#N)C(=O)Nc1cc(C(F)(F)F)ccc1Cl. The first-order valence-electron chi connectivity index (χ1n) is 7.05. The molecule has 1 amide bonds. The Kier molecular flexibility index (Phi) is 5.55. The smallest absolute Gasteiger partial charge is 0.416 e. The summed E-state index contributed by atoms with van der Waals surface area (Å²) in [5, 5.41) is 11.3. The highest BCUT2D eigenvalue weighted by Gasteiger charge is 2.31. The number of rotatable bonds is 4. The maximum absolute atomic E-state index is 12.8. The number of nitrogens with zero attached hydrogens (tertiary/aromatic N) is 1. The zero-order chi connectivity index (χ0) is 18.6. The van der Waals surface area contributed by atoms with E-state index in [4.69, 9.17) is 21.6 Å². The summed E-state index contributed by atoms with van der Waals surface area (Å²) in [4.78, 5) is 12.2. The van der Waals surface area contributed by atoms with E-state index in [1.165, 1.54) is 19.1 Å². The topological polar surface area (TPSA) is 62.1 Å². The number of amides is 1. The van der Waals surface area contributed by atoms with Gasteiger partial charge in [0.1, 0.15) is 11.8 Å². The van der Waals surface area contributed by atoms with Crippen LogP contribution in [0, 0.1) is 11.3 Å². The van der Waals surface area contributed by atoms with Crippen LogP contribution in [0.2, 0.25) is 5.02 Å². The molecule has 1 atom stereocenters. The fourth-order valence-corrected chi connectivity index (χ4v) is 2.10. The number of nitriles is 1. The molecule has 0 bridgehead atoms. The van der Waals surface area contributed by atoms with E-state index in [9.17, 15) is 18.0 Å². The van der Waals surface area contributed by atoms with E-state index in [-0.39, 0.29) is 22.0 Å². The molecule has 4 nitrogen and oxygen atoms in total. The van der Waals surface area contributed by atoms with Gasteiger partial charge in [0.05, 0.1) is 21.8 Å². The molecule has 0 aliphatic rings. The summed E-state index contributed by atoms with van der Waals surface area (Å²) in [6.45, 7) is 1.41. The first-order valence-corrected chi connectivity index (χ1v) is 7.43. The zero-order valence-electron chi connectivity index (χ0n) is 12.9. The predicted octanol–water partition coefficient (Wildman–Crippen LogP) is 4.64. The standard InChI is InChI=1S/C17H12ClF3N2O2/c1-10(25-15-5-3-2-4-11(15)9-22)16(24)23-14-8-12(17(19,20)21)6-7-13(14)18/h2-8,10H,1H3,(H,23,24)/t10-/m0/s1. The number of carbonyl (C=O) groups excluding carboxylic acids is 1. The molecule has 1 N–H and O–H groups in total. The molecule has 0 aliphatic carbocycles. The van der Waals surface area contributed by atoms with E-state index >= 15 is 0 Å². The molecule has 0 saturated heterocycles. The van der Waals surface area contributed by atoms with Crippen LogP contribution in [0.5, 0.6) is 5.75 Å². The summed E-state index contributed by atoms with van der Waals surface area (Å²) in [6, 6.07) is 10.8. The van der Waals surface area contributed by atoms with E-state index in [2.05, 4.69) is 5.32 Å². The lowest BCUT2D eigenvalue weighted by molar-refractivity contribution is -0.137. The Morgan fingerprint density at radius 3 is 2.60 bits per heavy atom. The maximum atomic E-state index is 12.8. The van der Waals surface area contributed by atoms with Crippen LogP contribution in [0.1, 0.15) is 18.1 Å². The summed E-state index contributed by atoms with van der Waals surface area (Å²) < 4.78 is 43.7. The Balaban J connectivity index is 2.15. The second kappa shape index (κ2) is 7.45. The average Bonchev–Trinajstić information content (AvgIpc) is 2.56. The Morgan fingerprint density at radius 2 is 1.96 bits per heavy atom. The number of hydrogen-bond acceptors (Lipinski definition) is 3. The van der Waals surface area contributed by atoms with Crippen molar-refractivity contribution in [3.8, 4) is 11.8 Å². The van der Waals surface area contributed by atoms with Gasteiger partial charge in [-0.05, 0) is 37.3 Å². The minimum absolute atomic E-state index is 0.0361. The van der Waals surface area contributed by atoms with Crippen molar-refractivity contribution in [3.63, 3.8) is 0 Å². The van der Waals surface area contributed by atoms with E-state index in [1.807, 2.05) is 6.07 Å². The van der Waals surface area contributed by atoms with E-state index < -0.39 is 23.8 Å². The van der Waals surface area contributed by atoms with Gasteiger partial charge in [-0.2, -0.15) is 18.4 Å². The lowest BCUT2D eigenvalue weighted by Gasteiger charge is -2.17. The average molecular weight is 369 g/mol. The monoisotopic (exact) mass is 368 g/mol.